The zero-order valence-corrected chi connectivity index (χ0v) is 15.2. The van der Waals surface area contributed by atoms with Crippen molar-refractivity contribution in [2.75, 3.05) is 11.0 Å². The molecule has 0 saturated carbocycles. The molecule has 0 amide bonds. The summed E-state index contributed by atoms with van der Waals surface area (Å²) in [7, 11) is -3.36. The summed E-state index contributed by atoms with van der Waals surface area (Å²) in [5.41, 5.74) is 0.764. The van der Waals surface area contributed by atoms with Crippen molar-refractivity contribution in [3.05, 3.63) is 58.1 Å². The number of benzene rings is 2. The Kier molecular flexibility index (Phi) is 5.74. The maximum atomic E-state index is 12.4. The molecule has 0 aliphatic heterocycles. The van der Waals surface area contributed by atoms with Gasteiger partial charge in [-0.15, -0.1) is 0 Å². The number of Topliss-reactive ketones (excluding diaryl/α,β-unsaturated/α-hetero) is 1. The van der Waals surface area contributed by atoms with Crippen LogP contribution in [0.3, 0.4) is 0 Å². The Morgan fingerprint density at radius 3 is 2.33 bits per heavy atom. The predicted molar refractivity (Wildman–Crippen MR) is 95.8 cm³/mol. The van der Waals surface area contributed by atoms with Crippen molar-refractivity contribution in [1.29, 1.82) is 0 Å². The van der Waals surface area contributed by atoms with E-state index in [0.29, 0.717) is 27.0 Å². The Labute approximate surface area is 150 Å². The lowest BCUT2D eigenvalue weighted by Gasteiger charge is -2.15. The maximum Gasteiger partial charge on any atom is 0.229 e. The number of rotatable bonds is 6. The number of anilines is 1. The highest BCUT2D eigenvalue weighted by Crippen LogP contribution is 2.29. The maximum absolute atomic E-state index is 12.4. The first kappa shape index (κ1) is 18.6. The number of nitrogens with one attached hydrogen (secondary N) is 1. The average Bonchev–Trinajstić information content (AvgIpc) is 2.49. The molecule has 0 aliphatic carbocycles. The summed E-state index contributed by atoms with van der Waals surface area (Å²) in [5, 5.41) is 0.803. The van der Waals surface area contributed by atoms with E-state index in [2.05, 4.69) is 4.72 Å². The summed E-state index contributed by atoms with van der Waals surface area (Å²) in [6.45, 7) is 1.60. The number of hydrogen-bond donors (Lipinski definition) is 1. The molecule has 5 nitrogen and oxygen atoms in total. The van der Waals surface area contributed by atoms with Crippen LogP contribution in [0.5, 0.6) is 5.75 Å². The van der Waals surface area contributed by atoms with E-state index in [-0.39, 0.29) is 5.78 Å². The molecule has 0 fully saturated rings. The Morgan fingerprint density at radius 1 is 1.12 bits per heavy atom. The van der Waals surface area contributed by atoms with Crippen LogP contribution in [0.4, 0.5) is 5.69 Å². The van der Waals surface area contributed by atoms with Gasteiger partial charge in [-0.05, 0) is 43.3 Å². The fraction of sp³-hybridized carbons (Fsp3) is 0.188. The number of sulfonamides is 1. The van der Waals surface area contributed by atoms with Crippen LogP contribution in [0.1, 0.15) is 17.3 Å². The minimum absolute atomic E-state index is 0.267. The van der Waals surface area contributed by atoms with Gasteiger partial charge >= 0.3 is 0 Å². The van der Waals surface area contributed by atoms with Crippen molar-refractivity contribution in [2.45, 2.75) is 13.0 Å². The molecule has 24 heavy (non-hydrogen) atoms. The molecule has 0 bridgehead atoms. The zero-order chi connectivity index (χ0) is 17.9. The van der Waals surface area contributed by atoms with Gasteiger partial charge in [-0.25, -0.2) is 8.42 Å². The van der Waals surface area contributed by atoms with Crippen LogP contribution in [0.2, 0.25) is 10.0 Å². The van der Waals surface area contributed by atoms with Crippen LogP contribution < -0.4 is 9.46 Å². The lowest BCUT2D eigenvalue weighted by Crippen LogP contribution is -2.24. The van der Waals surface area contributed by atoms with Crippen molar-refractivity contribution in [3.63, 3.8) is 0 Å². The van der Waals surface area contributed by atoms with Gasteiger partial charge in [0.15, 0.2) is 6.10 Å². The fourth-order valence-electron chi connectivity index (χ4n) is 1.96. The van der Waals surface area contributed by atoms with Gasteiger partial charge in [0.05, 0.1) is 11.3 Å². The molecule has 128 valence electrons. The van der Waals surface area contributed by atoms with Crippen LogP contribution in [-0.4, -0.2) is 26.6 Å². The lowest BCUT2D eigenvalue weighted by molar-refractivity contribution is 0.0818. The first-order valence-corrected chi connectivity index (χ1v) is 9.54. The summed E-state index contributed by atoms with van der Waals surface area (Å²) in [4.78, 5) is 12.4. The lowest BCUT2D eigenvalue weighted by atomic mass is 10.1. The van der Waals surface area contributed by atoms with Gasteiger partial charge in [-0.2, -0.15) is 0 Å². The minimum atomic E-state index is -3.36. The highest BCUT2D eigenvalue weighted by atomic mass is 35.5. The Morgan fingerprint density at radius 2 is 1.75 bits per heavy atom. The van der Waals surface area contributed by atoms with Crippen LogP contribution in [0.25, 0.3) is 0 Å². The van der Waals surface area contributed by atoms with Crippen molar-refractivity contribution in [1.82, 2.24) is 0 Å². The van der Waals surface area contributed by atoms with Crippen molar-refractivity contribution in [2.24, 2.45) is 0 Å². The molecule has 0 saturated heterocycles. The van der Waals surface area contributed by atoms with E-state index in [0.717, 1.165) is 6.26 Å². The second-order valence-electron chi connectivity index (χ2n) is 5.15. The summed E-state index contributed by atoms with van der Waals surface area (Å²) in [5.74, 6) is 0.0531. The summed E-state index contributed by atoms with van der Waals surface area (Å²) < 4.78 is 30.2. The Hall–Kier alpha value is -1.76. The second kappa shape index (κ2) is 7.42. The topological polar surface area (TPSA) is 72.5 Å². The van der Waals surface area contributed by atoms with Crippen LogP contribution >= 0.6 is 23.2 Å². The number of halogens is 2. The van der Waals surface area contributed by atoms with Gasteiger partial charge < -0.3 is 4.74 Å². The molecule has 2 rings (SSSR count). The molecule has 1 atom stereocenters. The average molecular weight is 388 g/mol. The number of hydrogen-bond acceptors (Lipinski definition) is 4. The zero-order valence-electron chi connectivity index (χ0n) is 12.9. The highest BCUT2D eigenvalue weighted by Gasteiger charge is 2.18. The number of carbonyl (C=O) groups excluding carboxylic acids is 1. The van der Waals surface area contributed by atoms with E-state index in [1.54, 1.807) is 19.1 Å². The number of carbonyl (C=O) groups is 1. The standard InChI is InChI=1S/C16H15Cl2NO4S/c1-10(23-15-9-12(17)5-8-14(15)18)16(20)11-3-6-13(7-4-11)19-24(2,21)22/h3-10,19H,1-2H3. The van der Waals surface area contributed by atoms with E-state index in [1.807, 2.05) is 0 Å². The third-order valence-electron chi connectivity index (χ3n) is 3.04. The van der Waals surface area contributed by atoms with Gasteiger partial charge in [0, 0.05) is 22.3 Å². The van der Waals surface area contributed by atoms with E-state index in [1.165, 1.54) is 30.3 Å². The third kappa shape index (κ3) is 5.12. The summed E-state index contributed by atoms with van der Waals surface area (Å²) in [6.07, 6.45) is 0.270. The highest BCUT2D eigenvalue weighted by molar-refractivity contribution is 7.92. The van der Waals surface area contributed by atoms with E-state index < -0.39 is 16.1 Å². The Balaban J connectivity index is 2.11. The summed E-state index contributed by atoms with van der Waals surface area (Å²) >= 11 is 11.9. The molecule has 1 unspecified atom stereocenters. The molecule has 0 heterocycles. The molecule has 1 N–H and O–H groups in total. The quantitative estimate of drug-likeness (QED) is 0.759. The first-order chi connectivity index (χ1) is 11.2. The fourth-order valence-corrected chi connectivity index (χ4v) is 2.85. The SMILES string of the molecule is CC(Oc1cc(Cl)ccc1Cl)C(=O)c1ccc(NS(C)(=O)=O)cc1. The van der Waals surface area contributed by atoms with Crippen molar-refractivity contribution < 1.29 is 17.9 Å². The molecule has 0 aromatic heterocycles. The van der Waals surface area contributed by atoms with Gasteiger partial charge in [0.2, 0.25) is 15.8 Å². The molecule has 8 heteroatoms. The van der Waals surface area contributed by atoms with Gasteiger partial charge in [0.1, 0.15) is 5.75 Å². The first-order valence-electron chi connectivity index (χ1n) is 6.89. The Bertz CT molecular complexity index is 851. The monoisotopic (exact) mass is 387 g/mol. The number of ketones is 1. The van der Waals surface area contributed by atoms with E-state index in [9.17, 15) is 13.2 Å². The van der Waals surface area contributed by atoms with Gasteiger partial charge in [-0.1, -0.05) is 23.2 Å². The molecule has 0 spiro atoms. The van der Waals surface area contributed by atoms with Crippen LogP contribution in [0, 0.1) is 0 Å². The third-order valence-corrected chi connectivity index (χ3v) is 4.19. The molecule has 0 radical (unpaired) electrons. The van der Waals surface area contributed by atoms with Crippen LogP contribution in [-0.2, 0) is 10.0 Å². The summed E-state index contributed by atoms with van der Waals surface area (Å²) in [6, 6.07) is 10.8. The molecular weight excluding hydrogens is 373 g/mol. The second-order valence-corrected chi connectivity index (χ2v) is 7.74. The molecule has 2 aromatic rings. The molecular formula is C16H15Cl2NO4S. The van der Waals surface area contributed by atoms with Gasteiger partial charge in [-0.3, -0.25) is 9.52 Å². The van der Waals surface area contributed by atoms with E-state index in [4.69, 9.17) is 27.9 Å². The minimum Gasteiger partial charge on any atom is -0.481 e. The normalized spacial score (nSPS) is 12.5. The van der Waals surface area contributed by atoms with Crippen LogP contribution in [0.15, 0.2) is 42.5 Å². The molecule has 2 aromatic carbocycles. The largest absolute Gasteiger partial charge is 0.481 e. The van der Waals surface area contributed by atoms with Crippen molar-refractivity contribution in [3.8, 4) is 5.75 Å². The van der Waals surface area contributed by atoms with E-state index >= 15 is 0 Å². The smallest absolute Gasteiger partial charge is 0.229 e. The van der Waals surface area contributed by atoms with Crippen molar-refractivity contribution >= 4 is 44.7 Å². The predicted octanol–water partition coefficient (Wildman–Crippen LogP) is 4.02. The molecule has 0 aliphatic rings. The van der Waals surface area contributed by atoms with Gasteiger partial charge in [0.25, 0.3) is 0 Å². The number of ether oxygens (including phenoxy) is 1.